The van der Waals surface area contributed by atoms with Gasteiger partial charge in [0.05, 0.1) is 46.9 Å². The number of Topliss-reactive ketones (excluding diaryl/α,β-unsaturated/α-hetero) is 1. The summed E-state index contributed by atoms with van der Waals surface area (Å²) in [5.41, 5.74) is 0.552. The van der Waals surface area contributed by atoms with Gasteiger partial charge in [-0.05, 0) is 42.3 Å². The fraction of sp³-hybridized carbons (Fsp3) is 0.333. The van der Waals surface area contributed by atoms with Crippen molar-refractivity contribution in [2.24, 2.45) is 0 Å². The van der Waals surface area contributed by atoms with Gasteiger partial charge >= 0.3 is 0 Å². The van der Waals surface area contributed by atoms with Gasteiger partial charge in [-0.15, -0.1) is 0 Å². The minimum Gasteiger partial charge on any atom is -0.872 e. The van der Waals surface area contributed by atoms with Crippen molar-refractivity contribution < 1.29 is 33.5 Å². The molecule has 1 N–H and O–H groups in total. The number of hydrogen-bond donors (Lipinski definition) is 1. The van der Waals surface area contributed by atoms with E-state index in [0.717, 1.165) is 17.0 Å². The third kappa shape index (κ3) is 4.60. The molecular formula is C24H27FN2O5. The van der Waals surface area contributed by atoms with Crippen LogP contribution in [0.15, 0.2) is 48.0 Å². The van der Waals surface area contributed by atoms with Crippen LogP contribution in [0.5, 0.6) is 11.5 Å². The highest BCUT2D eigenvalue weighted by atomic mass is 19.1. The van der Waals surface area contributed by atoms with E-state index in [1.165, 1.54) is 24.1 Å². The first-order chi connectivity index (χ1) is 15.3. The molecular weight excluding hydrogens is 415 g/mol. The molecule has 1 aliphatic rings. The Morgan fingerprint density at radius 1 is 1.12 bits per heavy atom. The van der Waals surface area contributed by atoms with E-state index in [4.69, 9.17) is 9.47 Å². The smallest absolute Gasteiger partial charge is 0.295 e. The maximum atomic E-state index is 13.4. The topological polar surface area (TPSA) is 83.3 Å². The number of methoxy groups -OCH3 is 1. The predicted octanol–water partition coefficient (Wildman–Crippen LogP) is 0.602. The minimum atomic E-state index is -0.878. The van der Waals surface area contributed by atoms with Crippen molar-refractivity contribution in [1.82, 2.24) is 4.90 Å². The molecule has 1 amide bonds. The van der Waals surface area contributed by atoms with Gasteiger partial charge in [0.2, 0.25) is 5.78 Å². The van der Waals surface area contributed by atoms with E-state index in [0.29, 0.717) is 30.2 Å². The number of ketones is 1. The zero-order valence-corrected chi connectivity index (χ0v) is 18.6. The molecule has 0 aliphatic carbocycles. The molecule has 32 heavy (non-hydrogen) atoms. The van der Waals surface area contributed by atoms with Crippen molar-refractivity contribution in [2.75, 3.05) is 40.9 Å². The van der Waals surface area contributed by atoms with Crippen LogP contribution in [0.3, 0.4) is 0 Å². The second-order valence-electron chi connectivity index (χ2n) is 7.78. The van der Waals surface area contributed by atoms with Crippen LogP contribution in [-0.4, -0.2) is 57.5 Å². The van der Waals surface area contributed by atoms with Gasteiger partial charge in [0.1, 0.15) is 5.82 Å². The molecule has 0 spiro atoms. The number of nitrogens with one attached hydrogen (secondary N) is 1. The zero-order chi connectivity index (χ0) is 23.4. The van der Waals surface area contributed by atoms with Crippen LogP contribution < -0.4 is 19.5 Å². The van der Waals surface area contributed by atoms with E-state index in [9.17, 15) is 19.1 Å². The monoisotopic (exact) mass is 442 g/mol. The van der Waals surface area contributed by atoms with Gasteiger partial charge in [-0.3, -0.25) is 9.59 Å². The Kier molecular flexibility index (Phi) is 7.15. The Morgan fingerprint density at radius 2 is 1.81 bits per heavy atom. The first kappa shape index (κ1) is 23.3. The fourth-order valence-electron chi connectivity index (χ4n) is 3.68. The third-order valence-corrected chi connectivity index (χ3v) is 5.29. The lowest BCUT2D eigenvalue weighted by molar-refractivity contribution is -0.857. The van der Waals surface area contributed by atoms with Crippen LogP contribution in [0.2, 0.25) is 0 Å². The summed E-state index contributed by atoms with van der Waals surface area (Å²) in [4.78, 5) is 28.4. The molecule has 0 saturated carbocycles. The van der Waals surface area contributed by atoms with Crippen LogP contribution in [0.25, 0.3) is 5.76 Å². The molecule has 2 aromatic rings. The first-order valence-corrected chi connectivity index (χ1v) is 10.4. The molecule has 1 aliphatic heterocycles. The molecule has 0 aromatic heterocycles. The van der Waals surface area contributed by atoms with Crippen molar-refractivity contribution in [1.29, 1.82) is 0 Å². The summed E-state index contributed by atoms with van der Waals surface area (Å²) in [5, 5.41) is 13.3. The fourth-order valence-corrected chi connectivity index (χ4v) is 3.68. The lowest BCUT2D eigenvalue weighted by Crippen LogP contribution is -3.06. The van der Waals surface area contributed by atoms with Gasteiger partial charge in [0.25, 0.3) is 5.91 Å². The average Bonchev–Trinajstić information content (AvgIpc) is 3.03. The number of likely N-dealkylation sites (N-methyl/N-ethyl adjacent to an activating group) is 1. The number of quaternary nitrogens is 1. The highest BCUT2D eigenvalue weighted by molar-refractivity contribution is 6.46. The normalized spacial score (nSPS) is 17.8. The number of nitrogens with zero attached hydrogens (tertiary/aromatic N) is 1. The SMILES string of the molecule is CCOc1ccc(C2/C(=C(\[O-])c3ccc(F)cc3)C(=O)C(=O)N2CC[NH+](C)C)cc1OC. The predicted molar refractivity (Wildman–Crippen MR) is 115 cm³/mol. The van der Waals surface area contributed by atoms with Crippen LogP contribution in [0, 0.1) is 5.82 Å². The van der Waals surface area contributed by atoms with Gasteiger partial charge in [0.15, 0.2) is 11.5 Å². The Hall–Kier alpha value is -3.39. The second kappa shape index (κ2) is 9.82. The molecule has 1 heterocycles. The summed E-state index contributed by atoms with van der Waals surface area (Å²) < 4.78 is 24.3. The van der Waals surface area contributed by atoms with Crippen molar-refractivity contribution in [2.45, 2.75) is 13.0 Å². The molecule has 1 saturated heterocycles. The van der Waals surface area contributed by atoms with Gasteiger partial charge < -0.3 is 24.4 Å². The summed E-state index contributed by atoms with van der Waals surface area (Å²) in [6, 6.07) is 9.13. The molecule has 1 atom stereocenters. The van der Waals surface area contributed by atoms with Crippen molar-refractivity contribution in [3.8, 4) is 11.5 Å². The Labute approximate surface area is 186 Å². The molecule has 2 aromatic carbocycles. The Bertz CT molecular complexity index is 1030. The lowest BCUT2D eigenvalue weighted by Gasteiger charge is -2.28. The zero-order valence-electron chi connectivity index (χ0n) is 18.6. The number of rotatable bonds is 8. The highest BCUT2D eigenvalue weighted by Crippen LogP contribution is 2.41. The van der Waals surface area contributed by atoms with Gasteiger partial charge in [-0.25, -0.2) is 4.39 Å². The van der Waals surface area contributed by atoms with E-state index in [1.807, 2.05) is 21.0 Å². The Balaban J connectivity index is 2.16. The third-order valence-electron chi connectivity index (χ3n) is 5.29. The molecule has 8 heteroatoms. The second-order valence-corrected chi connectivity index (χ2v) is 7.78. The first-order valence-electron chi connectivity index (χ1n) is 10.4. The molecule has 7 nitrogen and oxygen atoms in total. The van der Waals surface area contributed by atoms with E-state index in [-0.39, 0.29) is 17.7 Å². The maximum Gasteiger partial charge on any atom is 0.295 e. The van der Waals surface area contributed by atoms with Crippen LogP contribution in [-0.2, 0) is 9.59 Å². The highest BCUT2D eigenvalue weighted by Gasteiger charge is 2.44. The van der Waals surface area contributed by atoms with Crippen molar-refractivity contribution in [3.63, 3.8) is 0 Å². The number of ether oxygens (including phenoxy) is 2. The van der Waals surface area contributed by atoms with Gasteiger partial charge in [-0.2, -0.15) is 0 Å². The van der Waals surface area contributed by atoms with E-state index < -0.39 is 29.3 Å². The lowest BCUT2D eigenvalue weighted by atomic mass is 9.95. The summed E-state index contributed by atoms with van der Waals surface area (Å²) in [5.74, 6) is -1.71. The molecule has 170 valence electrons. The number of hydrogen-bond acceptors (Lipinski definition) is 5. The van der Waals surface area contributed by atoms with E-state index in [2.05, 4.69) is 0 Å². The number of halogens is 1. The quantitative estimate of drug-likeness (QED) is 0.368. The summed E-state index contributed by atoms with van der Waals surface area (Å²) >= 11 is 0. The van der Waals surface area contributed by atoms with E-state index >= 15 is 0 Å². The van der Waals surface area contributed by atoms with Crippen LogP contribution in [0.1, 0.15) is 24.1 Å². The van der Waals surface area contributed by atoms with Crippen molar-refractivity contribution >= 4 is 17.4 Å². The summed E-state index contributed by atoms with van der Waals surface area (Å²) in [6.07, 6.45) is 0. The number of carbonyl (C=O) groups is 2. The summed E-state index contributed by atoms with van der Waals surface area (Å²) in [7, 11) is 5.37. The number of benzene rings is 2. The van der Waals surface area contributed by atoms with E-state index in [1.54, 1.807) is 18.2 Å². The van der Waals surface area contributed by atoms with Crippen LogP contribution >= 0.6 is 0 Å². The van der Waals surface area contributed by atoms with Crippen LogP contribution in [0.4, 0.5) is 4.39 Å². The number of carbonyl (C=O) groups excluding carboxylic acids is 2. The summed E-state index contributed by atoms with van der Waals surface area (Å²) in [6.45, 7) is 3.16. The van der Waals surface area contributed by atoms with Gasteiger partial charge in [-0.1, -0.05) is 24.0 Å². The molecule has 0 radical (unpaired) electrons. The largest absolute Gasteiger partial charge is 0.872 e. The molecule has 0 bridgehead atoms. The minimum absolute atomic E-state index is 0.144. The average molecular weight is 442 g/mol. The number of amides is 1. The number of likely N-dealkylation sites (tertiary alicyclic amines) is 1. The molecule has 1 fully saturated rings. The van der Waals surface area contributed by atoms with Crippen molar-refractivity contribution in [3.05, 3.63) is 65.0 Å². The Morgan fingerprint density at radius 3 is 2.41 bits per heavy atom. The standard InChI is InChI=1S/C24H27FN2O5/c1-5-32-18-11-8-16(14-19(18)31-4)21-20(22(28)15-6-9-17(25)10-7-15)23(29)24(30)27(21)13-12-26(2)3/h6-11,14,21,28H,5,12-13H2,1-4H3/b22-20+. The molecule has 3 rings (SSSR count). The van der Waals surface area contributed by atoms with Gasteiger partial charge in [0, 0.05) is 5.57 Å². The molecule has 1 unspecified atom stereocenters. The maximum absolute atomic E-state index is 13.4.